The summed E-state index contributed by atoms with van der Waals surface area (Å²) in [6, 6.07) is 2.80. The van der Waals surface area contributed by atoms with Crippen LogP contribution in [0.2, 0.25) is 0 Å². The summed E-state index contributed by atoms with van der Waals surface area (Å²) in [6.07, 6.45) is 4.12. The molecular formula is C10H8FN3O. The Hall–Kier alpha value is -1.88. The van der Waals surface area contributed by atoms with Gasteiger partial charge < -0.3 is 5.11 Å². The molecular weight excluding hydrogens is 197 g/mol. The number of halogens is 1. The highest BCUT2D eigenvalue weighted by atomic mass is 19.1. The van der Waals surface area contributed by atoms with Crippen molar-refractivity contribution in [2.45, 2.75) is 6.61 Å². The van der Waals surface area contributed by atoms with Gasteiger partial charge in [-0.15, -0.1) is 0 Å². The summed E-state index contributed by atoms with van der Waals surface area (Å²) in [5, 5.41) is 8.79. The van der Waals surface area contributed by atoms with Gasteiger partial charge in [-0.1, -0.05) is 0 Å². The maximum atomic E-state index is 12.6. The Balaban J connectivity index is 2.33. The average molecular weight is 205 g/mol. The van der Waals surface area contributed by atoms with Gasteiger partial charge in [-0.3, -0.25) is 0 Å². The van der Waals surface area contributed by atoms with E-state index in [-0.39, 0.29) is 6.61 Å². The summed E-state index contributed by atoms with van der Waals surface area (Å²) in [7, 11) is 0. The fraction of sp³-hybridized carbons (Fsp3) is 0.100. The normalized spacial score (nSPS) is 10.3. The number of hydrogen-bond donors (Lipinski definition) is 1. The van der Waals surface area contributed by atoms with Crippen molar-refractivity contribution in [2.75, 3.05) is 0 Å². The molecule has 5 heteroatoms. The van der Waals surface area contributed by atoms with Gasteiger partial charge in [0.1, 0.15) is 11.5 Å². The highest BCUT2D eigenvalue weighted by Crippen LogP contribution is 2.11. The van der Waals surface area contributed by atoms with Gasteiger partial charge in [0.2, 0.25) is 0 Å². The molecule has 0 saturated carbocycles. The molecule has 2 aromatic heterocycles. The molecule has 0 amide bonds. The van der Waals surface area contributed by atoms with Crippen LogP contribution in [0.25, 0.3) is 11.5 Å². The molecule has 0 fully saturated rings. The number of rotatable bonds is 2. The van der Waals surface area contributed by atoms with E-state index < -0.39 is 5.82 Å². The van der Waals surface area contributed by atoms with Crippen LogP contribution in [-0.4, -0.2) is 20.1 Å². The lowest BCUT2D eigenvalue weighted by Gasteiger charge is -1.99. The predicted molar refractivity (Wildman–Crippen MR) is 51.1 cm³/mol. The second kappa shape index (κ2) is 4.10. The zero-order chi connectivity index (χ0) is 10.7. The fourth-order valence-corrected chi connectivity index (χ4v) is 1.08. The zero-order valence-electron chi connectivity index (χ0n) is 7.76. The molecule has 4 nitrogen and oxygen atoms in total. The van der Waals surface area contributed by atoms with Gasteiger partial charge in [0, 0.05) is 18.0 Å². The lowest BCUT2D eigenvalue weighted by atomic mass is 10.3. The second-order valence-electron chi connectivity index (χ2n) is 2.93. The number of aliphatic hydroxyl groups excluding tert-OH is 1. The van der Waals surface area contributed by atoms with Crippen LogP contribution < -0.4 is 0 Å². The third kappa shape index (κ3) is 2.13. The highest BCUT2D eigenvalue weighted by molar-refractivity contribution is 5.47. The van der Waals surface area contributed by atoms with Crippen LogP contribution in [0.4, 0.5) is 4.39 Å². The standard InChI is InChI=1S/C10H8FN3O/c11-8-1-2-9(12-5-8)10-13-3-7(6-15)4-14-10/h1-5,15H,6H2. The van der Waals surface area contributed by atoms with Crippen molar-refractivity contribution in [1.82, 2.24) is 15.0 Å². The van der Waals surface area contributed by atoms with Crippen LogP contribution in [0, 0.1) is 5.82 Å². The molecule has 0 aliphatic rings. The Bertz CT molecular complexity index is 441. The summed E-state index contributed by atoms with van der Waals surface area (Å²) < 4.78 is 12.6. The van der Waals surface area contributed by atoms with Crippen LogP contribution >= 0.6 is 0 Å². The summed E-state index contributed by atoms with van der Waals surface area (Å²) in [5.74, 6) is 0.0120. The summed E-state index contributed by atoms with van der Waals surface area (Å²) in [4.78, 5) is 11.8. The number of aliphatic hydroxyl groups is 1. The topological polar surface area (TPSA) is 58.9 Å². The quantitative estimate of drug-likeness (QED) is 0.799. The number of aromatic nitrogens is 3. The molecule has 0 unspecified atom stereocenters. The molecule has 0 aliphatic heterocycles. The number of pyridine rings is 1. The van der Waals surface area contributed by atoms with Crippen LogP contribution in [-0.2, 0) is 6.61 Å². The lowest BCUT2D eigenvalue weighted by Crippen LogP contribution is -1.94. The molecule has 0 bridgehead atoms. The molecule has 2 aromatic rings. The van der Waals surface area contributed by atoms with Crippen molar-refractivity contribution in [2.24, 2.45) is 0 Å². The molecule has 0 saturated heterocycles. The number of hydrogen-bond acceptors (Lipinski definition) is 4. The van der Waals surface area contributed by atoms with Crippen molar-refractivity contribution < 1.29 is 9.50 Å². The van der Waals surface area contributed by atoms with E-state index in [2.05, 4.69) is 15.0 Å². The van der Waals surface area contributed by atoms with Crippen molar-refractivity contribution in [1.29, 1.82) is 0 Å². The van der Waals surface area contributed by atoms with Gasteiger partial charge in [0.05, 0.1) is 12.8 Å². The Morgan fingerprint density at radius 3 is 2.33 bits per heavy atom. The van der Waals surface area contributed by atoms with Crippen LogP contribution in [0.1, 0.15) is 5.56 Å². The monoisotopic (exact) mass is 205 g/mol. The van der Waals surface area contributed by atoms with Gasteiger partial charge in [-0.05, 0) is 12.1 Å². The van der Waals surface area contributed by atoms with Gasteiger partial charge >= 0.3 is 0 Å². The first kappa shape index (κ1) is 9.67. The maximum absolute atomic E-state index is 12.6. The molecule has 0 aliphatic carbocycles. The Kier molecular flexibility index (Phi) is 2.64. The van der Waals surface area contributed by atoms with E-state index in [9.17, 15) is 4.39 Å². The largest absolute Gasteiger partial charge is 0.392 e. The minimum absolute atomic E-state index is 0.100. The first-order valence-corrected chi connectivity index (χ1v) is 4.33. The van der Waals surface area contributed by atoms with E-state index in [1.54, 1.807) is 0 Å². The van der Waals surface area contributed by atoms with E-state index >= 15 is 0 Å². The number of nitrogens with zero attached hydrogens (tertiary/aromatic N) is 3. The third-order valence-corrected chi connectivity index (χ3v) is 1.84. The Labute approximate surface area is 85.5 Å². The van der Waals surface area contributed by atoms with Crippen LogP contribution in [0.15, 0.2) is 30.7 Å². The predicted octanol–water partition coefficient (Wildman–Crippen LogP) is 1.17. The van der Waals surface area contributed by atoms with Gasteiger partial charge in [-0.25, -0.2) is 19.3 Å². The third-order valence-electron chi connectivity index (χ3n) is 1.84. The average Bonchev–Trinajstić information content (AvgIpc) is 2.30. The molecule has 2 heterocycles. The van der Waals surface area contributed by atoms with Crippen LogP contribution in [0.5, 0.6) is 0 Å². The minimum Gasteiger partial charge on any atom is -0.392 e. The first-order chi connectivity index (χ1) is 7.29. The maximum Gasteiger partial charge on any atom is 0.178 e. The smallest absolute Gasteiger partial charge is 0.178 e. The van der Waals surface area contributed by atoms with Crippen molar-refractivity contribution >= 4 is 0 Å². The summed E-state index contributed by atoms with van der Waals surface area (Å²) in [5.41, 5.74) is 1.13. The minimum atomic E-state index is -0.397. The second-order valence-corrected chi connectivity index (χ2v) is 2.93. The molecule has 0 radical (unpaired) electrons. The van der Waals surface area contributed by atoms with Gasteiger partial charge in [0.25, 0.3) is 0 Å². The molecule has 76 valence electrons. The molecule has 0 atom stereocenters. The summed E-state index contributed by atoms with van der Waals surface area (Å²) in [6.45, 7) is -0.100. The van der Waals surface area contributed by atoms with Gasteiger partial charge in [0.15, 0.2) is 5.82 Å². The Morgan fingerprint density at radius 1 is 1.07 bits per heavy atom. The van der Waals surface area contributed by atoms with Crippen LogP contribution in [0.3, 0.4) is 0 Å². The highest BCUT2D eigenvalue weighted by Gasteiger charge is 2.02. The first-order valence-electron chi connectivity index (χ1n) is 4.33. The fourth-order valence-electron chi connectivity index (χ4n) is 1.08. The zero-order valence-corrected chi connectivity index (χ0v) is 7.76. The molecule has 1 N–H and O–H groups in total. The van der Waals surface area contributed by atoms with E-state index in [1.807, 2.05) is 0 Å². The SMILES string of the molecule is OCc1cnc(-c2ccc(F)cn2)nc1. The van der Waals surface area contributed by atoms with E-state index in [0.29, 0.717) is 17.1 Å². The molecule has 0 aromatic carbocycles. The van der Waals surface area contributed by atoms with E-state index in [4.69, 9.17) is 5.11 Å². The Morgan fingerprint density at radius 2 is 1.80 bits per heavy atom. The summed E-state index contributed by atoms with van der Waals surface area (Å²) >= 11 is 0. The van der Waals surface area contributed by atoms with E-state index in [0.717, 1.165) is 6.20 Å². The molecule has 0 spiro atoms. The van der Waals surface area contributed by atoms with E-state index in [1.165, 1.54) is 24.5 Å². The molecule has 15 heavy (non-hydrogen) atoms. The lowest BCUT2D eigenvalue weighted by molar-refractivity contribution is 0.281. The van der Waals surface area contributed by atoms with Crippen molar-refractivity contribution in [3.8, 4) is 11.5 Å². The van der Waals surface area contributed by atoms with Crippen molar-refractivity contribution in [3.63, 3.8) is 0 Å². The van der Waals surface area contributed by atoms with Crippen molar-refractivity contribution in [3.05, 3.63) is 42.1 Å². The van der Waals surface area contributed by atoms with Gasteiger partial charge in [-0.2, -0.15) is 0 Å². The molecule has 2 rings (SSSR count).